The fourth-order valence-electron chi connectivity index (χ4n) is 6.40. The summed E-state index contributed by atoms with van der Waals surface area (Å²) in [6.07, 6.45) is 12.8. The number of benzene rings is 3. The average molecular weight is 725 g/mol. The van der Waals surface area contributed by atoms with Crippen molar-refractivity contribution in [2.45, 2.75) is 91.9 Å². The van der Waals surface area contributed by atoms with Crippen LogP contribution in [0.2, 0.25) is 0 Å². The molecule has 0 amide bonds. The molecule has 222 valence electrons. The standard InChI is InChI=1S/C38H44Br2S2/c1-5-9-11-25(7-3)21-29-15-19-35(41-29)37-31-17-13-28(40)24-34(31)38(32-18-14-27(39)23-33(32)37)36-20-16-30(42-36)22-26(8-4)12-10-6-2/h13-20,23-26H,5-12,21-22H2,1-4H3. The minimum Gasteiger partial charge on any atom is -0.140 e. The summed E-state index contributed by atoms with van der Waals surface area (Å²) in [5.41, 5.74) is 2.75. The summed E-state index contributed by atoms with van der Waals surface area (Å²) < 4.78 is 2.27. The third kappa shape index (κ3) is 7.25. The smallest absolute Gasteiger partial charge is 0.0358 e. The molecule has 2 unspecified atom stereocenters. The van der Waals surface area contributed by atoms with E-state index in [1.807, 2.05) is 22.7 Å². The van der Waals surface area contributed by atoms with Crippen molar-refractivity contribution in [3.05, 3.63) is 79.4 Å². The Bertz CT molecular complexity index is 1500. The number of thiophene rings is 2. The van der Waals surface area contributed by atoms with Gasteiger partial charge < -0.3 is 0 Å². The maximum Gasteiger partial charge on any atom is 0.0358 e. The monoisotopic (exact) mass is 722 g/mol. The maximum absolute atomic E-state index is 3.83. The van der Waals surface area contributed by atoms with E-state index in [2.05, 4.69) is 120 Å². The first-order valence-electron chi connectivity index (χ1n) is 16.0. The molecule has 0 N–H and O–H groups in total. The Kier molecular flexibility index (Phi) is 11.4. The Morgan fingerprint density at radius 3 is 1.36 bits per heavy atom. The number of hydrogen-bond acceptors (Lipinski definition) is 2. The van der Waals surface area contributed by atoms with E-state index in [-0.39, 0.29) is 0 Å². The van der Waals surface area contributed by atoms with Crippen molar-refractivity contribution in [3.63, 3.8) is 0 Å². The van der Waals surface area contributed by atoms with E-state index < -0.39 is 0 Å². The Balaban J connectivity index is 1.63. The van der Waals surface area contributed by atoms with Crippen LogP contribution in [0.25, 0.3) is 42.4 Å². The molecule has 0 aliphatic rings. The van der Waals surface area contributed by atoms with Crippen molar-refractivity contribution in [3.8, 4) is 20.9 Å². The molecule has 0 aliphatic carbocycles. The number of hydrogen-bond donors (Lipinski definition) is 0. The zero-order valence-electron chi connectivity index (χ0n) is 25.6. The summed E-state index contributed by atoms with van der Waals surface area (Å²) in [4.78, 5) is 5.79. The second kappa shape index (κ2) is 15.0. The summed E-state index contributed by atoms with van der Waals surface area (Å²) in [6, 6.07) is 23.3. The number of unbranched alkanes of at least 4 members (excludes halogenated alkanes) is 2. The van der Waals surface area contributed by atoms with E-state index in [4.69, 9.17) is 0 Å². The highest BCUT2D eigenvalue weighted by atomic mass is 79.9. The molecule has 2 heterocycles. The van der Waals surface area contributed by atoms with Gasteiger partial charge in [-0.05, 0) is 94.8 Å². The van der Waals surface area contributed by atoms with Crippen molar-refractivity contribution in [2.24, 2.45) is 11.8 Å². The molecule has 0 bridgehead atoms. The van der Waals surface area contributed by atoms with Crippen LogP contribution in [0.4, 0.5) is 0 Å². The SMILES string of the molecule is CCCCC(CC)Cc1ccc(-c2c3ccc(Br)cc3c(-c3ccc(CC(CC)CCCC)s3)c3ccc(Br)cc23)s1. The highest BCUT2D eigenvalue weighted by Gasteiger charge is 2.20. The Morgan fingerprint density at radius 2 is 0.976 bits per heavy atom. The van der Waals surface area contributed by atoms with Crippen LogP contribution in [0, 0.1) is 11.8 Å². The topological polar surface area (TPSA) is 0 Å². The van der Waals surface area contributed by atoms with Crippen LogP contribution in [0.3, 0.4) is 0 Å². The van der Waals surface area contributed by atoms with Crippen LogP contribution in [-0.2, 0) is 12.8 Å². The molecule has 2 aromatic heterocycles. The molecule has 2 atom stereocenters. The number of rotatable bonds is 14. The van der Waals surface area contributed by atoms with Crippen LogP contribution in [0.15, 0.2) is 69.6 Å². The lowest BCUT2D eigenvalue weighted by molar-refractivity contribution is 0.452. The fourth-order valence-corrected chi connectivity index (χ4v) is 9.52. The minimum absolute atomic E-state index is 0.778. The Labute approximate surface area is 278 Å². The van der Waals surface area contributed by atoms with E-state index in [9.17, 15) is 0 Å². The first-order valence-corrected chi connectivity index (χ1v) is 19.2. The Morgan fingerprint density at radius 1 is 0.548 bits per heavy atom. The van der Waals surface area contributed by atoms with E-state index in [1.165, 1.54) is 116 Å². The van der Waals surface area contributed by atoms with Crippen LogP contribution < -0.4 is 0 Å². The van der Waals surface area contributed by atoms with E-state index in [1.54, 1.807) is 0 Å². The molecule has 0 nitrogen and oxygen atoms in total. The van der Waals surface area contributed by atoms with Gasteiger partial charge >= 0.3 is 0 Å². The molecule has 0 radical (unpaired) electrons. The zero-order valence-corrected chi connectivity index (χ0v) is 30.4. The van der Waals surface area contributed by atoms with E-state index >= 15 is 0 Å². The summed E-state index contributed by atoms with van der Waals surface area (Å²) in [5.74, 6) is 1.56. The molecule has 3 aromatic carbocycles. The zero-order chi connectivity index (χ0) is 29.6. The molecule has 0 spiro atoms. The molecular weight excluding hydrogens is 680 g/mol. The van der Waals surface area contributed by atoms with Crippen molar-refractivity contribution in [2.75, 3.05) is 0 Å². The molecule has 4 heteroatoms. The summed E-state index contributed by atoms with van der Waals surface area (Å²) in [5, 5.41) is 5.36. The molecule has 0 saturated carbocycles. The lowest BCUT2D eigenvalue weighted by Crippen LogP contribution is -2.01. The van der Waals surface area contributed by atoms with Crippen molar-refractivity contribution < 1.29 is 0 Å². The molecule has 5 rings (SSSR count). The van der Waals surface area contributed by atoms with Gasteiger partial charge in [0.15, 0.2) is 0 Å². The average Bonchev–Trinajstić information content (AvgIpc) is 3.65. The van der Waals surface area contributed by atoms with Gasteiger partial charge in [0, 0.05) is 39.6 Å². The van der Waals surface area contributed by atoms with E-state index in [0.717, 1.165) is 20.8 Å². The fraction of sp³-hybridized carbons (Fsp3) is 0.421. The number of fused-ring (bicyclic) bond motifs is 2. The van der Waals surface area contributed by atoms with Crippen LogP contribution in [0.5, 0.6) is 0 Å². The quantitative estimate of drug-likeness (QED) is 0.100. The van der Waals surface area contributed by atoms with E-state index in [0.29, 0.717) is 0 Å². The third-order valence-electron chi connectivity index (χ3n) is 8.92. The first-order chi connectivity index (χ1) is 20.4. The molecule has 0 saturated heterocycles. The van der Waals surface area contributed by atoms with Crippen LogP contribution >= 0.6 is 54.5 Å². The number of halogens is 2. The predicted octanol–water partition coefficient (Wildman–Crippen LogP) is 14.5. The van der Waals surface area contributed by atoms with Gasteiger partial charge in [-0.1, -0.05) is 123 Å². The van der Waals surface area contributed by atoms with Gasteiger partial charge in [-0.2, -0.15) is 0 Å². The molecular formula is C38H44Br2S2. The highest BCUT2D eigenvalue weighted by molar-refractivity contribution is 9.10. The third-order valence-corrected chi connectivity index (χ3v) is 12.2. The van der Waals surface area contributed by atoms with Crippen molar-refractivity contribution in [1.29, 1.82) is 0 Å². The maximum atomic E-state index is 3.83. The van der Waals surface area contributed by atoms with Gasteiger partial charge in [0.1, 0.15) is 0 Å². The summed E-state index contributed by atoms with van der Waals surface area (Å²) in [7, 11) is 0. The first kappa shape index (κ1) is 31.9. The summed E-state index contributed by atoms with van der Waals surface area (Å²) in [6.45, 7) is 9.32. The van der Waals surface area contributed by atoms with Gasteiger partial charge in [0.2, 0.25) is 0 Å². The lowest BCUT2D eigenvalue weighted by Gasteiger charge is -2.17. The summed E-state index contributed by atoms with van der Waals surface area (Å²) >= 11 is 11.7. The van der Waals surface area contributed by atoms with Crippen molar-refractivity contribution in [1.82, 2.24) is 0 Å². The lowest BCUT2D eigenvalue weighted by atomic mass is 9.90. The second-order valence-electron chi connectivity index (χ2n) is 11.9. The minimum atomic E-state index is 0.778. The normalized spacial score (nSPS) is 13.3. The Hall–Kier alpha value is -1.46. The molecule has 42 heavy (non-hydrogen) atoms. The predicted molar refractivity (Wildman–Crippen MR) is 197 cm³/mol. The van der Waals surface area contributed by atoms with Gasteiger partial charge in [-0.15, -0.1) is 22.7 Å². The molecule has 0 aliphatic heterocycles. The van der Waals surface area contributed by atoms with Crippen LogP contribution in [0.1, 0.15) is 88.8 Å². The van der Waals surface area contributed by atoms with Crippen LogP contribution in [-0.4, -0.2) is 0 Å². The highest BCUT2D eigenvalue weighted by Crippen LogP contribution is 2.48. The molecule has 5 aromatic rings. The van der Waals surface area contributed by atoms with Gasteiger partial charge in [0.25, 0.3) is 0 Å². The van der Waals surface area contributed by atoms with Gasteiger partial charge in [-0.25, -0.2) is 0 Å². The molecule has 0 fully saturated rings. The van der Waals surface area contributed by atoms with Crippen molar-refractivity contribution >= 4 is 76.1 Å². The second-order valence-corrected chi connectivity index (χ2v) is 16.1. The van der Waals surface area contributed by atoms with Gasteiger partial charge in [-0.3, -0.25) is 0 Å². The largest absolute Gasteiger partial charge is 0.140 e. The van der Waals surface area contributed by atoms with Gasteiger partial charge in [0.05, 0.1) is 0 Å².